The van der Waals surface area contributed by atoms with Crippen LogP contribution in [0.1, 0.15) is 24.9 Å². The fourth-order valence-corrected chi connectivity index (χ4v) is 4.47. The van der Waals surface area contributed by atoms with Crippen LogP contribution in [0.15, 0.2) is 51.6 Å². The molecule has 1 aromatic carbocycles. The molecule has 0 aliphatic carbocycles. The average Bonchev–Trinajstić information content (AvgIpc) is 2.65. The van der Waals surface area contributed by atoms with Crippen LogP contribution in [0.3, 0.4) is 0 Å². The maximum atomic E-state index is 12.8. The molecule has 0 bridgehead atoms. The number of ether oxygens (including phenoxy) is 2. The van der Waals surface area contributed by atoms with Gasteiger partial charge < -0.3 is 9.47 Å². The Kier molecular flexibility index (Phi) is 6.06. The number of amidine groups is 1. The zero-order chi connectivity index (χ0) is 19.6. The number of methoxy groups -OCH3 is 1. The number of thioether (sulfide) groups is 1. The summed E-state index contributed by atoms with van der Waals surface area (Å²) in [6.45, 7) is 5.41. The first-order chi connectivity index (χ1) is 13.0. The van der Waals surface area contributed by atoms with E-state index in [4.69, 9.17) is 9.47 Å². The molecule has 1 fully saturated rings. The van der Waals surface area contributed by atoms with Crippen molar-refractivity contribution in [1.82, 2.24) is 4.90 Å². The maximum Gasteiger partial charge on any atom is 0.338 e. The Labute approximate surface area is 170 Å². The van der Waals surface area contributed by atoms with Gasteiger partial charge in [0.25, 0.3) is 0 Å². The molecule has 142 valence electrons. The summed E-state index contributed by atoms with van der Waals surface area (Å²) in [6, 6.07) is 4.84. The Bertz CT molecular complexity index is 865. The lowest BCUT2D eigenvalue weighted by Gasteiger charge is -2.39. The second-order valence-corrected chi connectivity index (χ2v) is 7.91. The monoisotopic (exact) mass is 450 g/mol. The molecule has 0 N–H and O–H groups in total. The van der Waals surface area contributed by atoms with Crippen molar-refractivity contribution >= 4 is 44.7 Å². The van der Waals surface area contributed by atoms with Crippen LogP contribution < -0.4 is 4.74 Å². The van der Waals surface area contributed by atoms with Gasteiger partial charge in [-0.05, 0) is 25.1 Å². The van der Waals surface area contributed by atoms with Gasteiger partial charge in [-0.3, -0.25) is 9.69 Å². The molecule has 1 aromatic rings. The van der Waals surface area contributed by atoms with Crippen LogP contribution in [0.25, 0.3) is 0 Å². The molecule has 2 heterocycles. The first kappa shape index (κ1) is 19.7. The Morgan fingerprint density at radius 1 is 1.52 bits per heavy atom. The van der Waals surface area contributed by atoms with Gasteiger partial charge in [-0.25, -0.2) is 9.79 Å². The predicted molar refractivity (Wildman–Crippen MR) is 109 cm³/mol. The third-order valence-electron chi connectivity index (χ3n) is 4.25. The van der Waals surface area contributed by atoms with Gasteiger partial charge in [-0.1, -0.05) is 40.3 Å². The summed E-state index contributed by atoms with van der Waals surface area (Å²) >= 11 is 4.97. The van der Waals surface area contributed by atoms with Gasteiger partial charge in [0.15, 0.2) is 5.17 Å². The molecular weight excluding hydrogens is 432 g/mol. The number of allylic oxidation sites excluding steroid dienone is 1. The van der Waals surface area contributed by atoms with E-state index in [9.17, 15) is 9.59 Å². The Balaban J connectivity index is 2.20. The summed E-state index contributed by atoms with van der Waals surface area (Å²) in [4.78, 5) is 31.7. The van der Waals surface area contributed by atoms with Crippen molar-refractivity contribution in [2.45, 2.75) is 19.4 Å². The lowest BCUT2D eigenvalue weighted by Crippen LogP contribution is -2.46. The minimum Gasteiger partial charge on any atom is -0.496 e. The van der Waals surface area contributed by atoms with Crippen LogP contribution in [0.4, 0.5) is 0 Å². The zero-order valence-electron chi connectivity index (χ0n) is 15.0. The number of fused-ring (bicyclic) bond motifs is 1. The van der Waals surface area contributed by atoms with E-state index in [1.54, 1.807) is 25.0 Å². The van der Waals surface area contributed by atoms with Crippen molar-refractivity contribution in [2.24, 2.45) is 4.99 Å². The summed E-state index contributed by atoms with van der Waals surface area (Å²) in [5.41, 5.74) is 1.55. The maximum absolute atomic E-state index is 12.8. The number of rotatable bonds is 5. The molecule has 2 aliphatic rings. The first-order valence-electron chi connectivity index (χ1n) is 8.33. The molecule has 0 saturated carbocycles. The van der Waals surface area contributed by atoms with E-state index >= 15 is 0 Å². The van der Waals surface area contributed by atoms with Crippen LogP contribution in [0, 0.1) is 0 Å². The van der Waals surface area contributed by atoms with E-state index in [1.165, 1.54) is 17.8 Å². The highest BCUT2D eigenvalue weighted by molar-refractivity contribution is 9.10. The minimum atomic E-state index is -0.664. The van der Waals surface area contributed by atoms with Gasteiger partial charge in [0.1, 0.15) is 18.4 Å². The van der Waals surface area contributed by atoms with Gasteiger partial charge in [-0.15, -0.1) is 0 Å². The molecule has 1 atom stereocenters. The number of carbonyl (C=O) groups excluding carboxylic acids is 2. The fraction of sp³-hybridized carbons (Fsp3) is 0.316. The number of esters is 1. The molecule has 8 heteroatoms. The molecular formula is C19H19BrN2O4S. The van der Waals surface area contributed by atoms with Gasteiger partial charge in [0.2, 0.25) is 5.91 Å². The Morgan fingerprint density at radius 2 is 2.30 bits per heavy atom. The number of halogens is 1. The number of hydrogen-bond donors (Lipinski definition) is 0. The number of aliphatic imine (C=N–C) groups is 1. The SMILES string of the molecule is C=CCOC(=O)C1=C(C)N=C2SCCC(=O)N2C1c1cc(Br)ccc1OC. The largest absolute Gasteiger partial charge is 0.496 e. The fourth-order valence-electron chi connectivity index (χ4n) is 3.08. The van der Waals surface area contributed by atoms with Gasteiger partial charge in [-0.2, -0.15) is 0 Å². The normalized spacial score (nSPS) is 19.4. The van der Waals surface area contributed by atoms with Crippen molar-refractivity contribution in [3.05, 3.63) is 52.2 Å². The zero-order valence-corrected chi connectivity index (χ0v) is 17.4. The Morgan fingerprint density at radius 3 is 3.00 bits per heavy atom. The molecule has 1 amide bonds. The molecule has 1 saturated heterocycles. The number of nitrogens with zero attached hydrogens (tertiary/aromatic N) is 2. The van der Waals surface area contributed by atoms with Crippen LogP contribution in [0.2, 0.25) is 0 Å². The van der Waals surface area contributed by atoms with Crippen molar-refractivity contribution < 1.29 is 19.1 Å². The van der Waals surface area contributed by atoms with Gasteiger partial charge >= 0.3 is 5.97 Å². The number of carbonyl (C=O) groups is 2. The van der Waals surface area contributed by atoms with Crippen molar-refractivity contribution in [2.75, 3.05) is 19.5 Å². The quantitative estimate of drug-likeness (QED) is 0.503. The smallest absolute Gasteiger partial charge is 0.338 e. The lowest BCUT2D eigenvalue weighted by molar-refractivity contribution is -0.139. The number of amides is 1. The highest BCUT2D eigenvalue weighted by Gasteiger charge is 2.42. The topological polar surface area (TPSA) is 68.2 Å². The molecule has 0 radical (unpaired) electrons. The second kappa shape index (κ2) is 8.31. The molecule has 6 nitrogen and oxygen atoms in total. The van der Waals surface area contributed by atoms with Crippen molar-refractivity contribution in [1.29, 1.82) is 0 Å². The summed E-state index contributed by atoms with van der Waals surface area (Å²) in [5.74, 6) is 0.640. The van der Waals surface area contributed by atoms with Crippen LogP contribution in [-0.2, 0) is 14.3 Å². The molecule has 1 unspecified atom stereocenters. The Hall–Kier alpha value is -2.06. The van der Waals surface area contributed by atoms with E-state index in [-0.39, 0.29) is 12.5 Å². The highest BCUT2D eigenvalue weighted by atomic mass is 79.9. The highest BCUT2D eigenvalue weighted by Crippen LogP contribution is 2.43. The van der Waals surface area contributed by atoms with E-state index in [2.05, 4.69) is 27.5 Å². The summed E-state index contributed by atoms with van der Waals surface area (Å²) < 4.78 is 11.6. The second-order valence-electron chi connectivity index (χ2n) is 5.93. The van der Waals surface area contributed by atoms with Crippen molar-refractivity contribution in [3.8, 4) is 5.75 Å². The number of benzene rings is 1. The molecule has 27 heavy (non-hydrogen) atoms. The van der Waals surface area contributed by atoms with Gasteiger partial charge in [0.05, 0.1) is 18.4 Å². The summed E-state index contributed by atoms with van der Waals surface area (Å²) in [6.07, 6.45) is 1.88. The molecule has 2 aliphatic heterocycles. The first-order valence-corrected chi connectivity index (χ1v) is 10.1. The standard InChI is InChI=1S/C19H19BrN2O4S/c1-4-8-26-18(24)16-11(2)21-19-22(15(23)7-9-27-19)17(16)13-10-12(20)5-6-14(13)25-3/h4-6,10,17H,1,7-9H2,2-3H3. The lowest BCUT2D eigenvalue weighted by atomic mass is 9.93. The van der Waals surface area contributed by atoms with Crippen molar-refractivity contribution in [3.63, 3.8) is 0 Å². The molecule has 0 aromatic heterocycles. The van der Waals surface area contributed by atoms with E-state index in [0.717, 1.165) is 4.47 Å². The van der Waals surface area contributed by atoms with Crippen LogP contribution in [-0.4, -0.2) is 41.4 Å². The predicted octanol–water partition coefficient (Wildman–Crippen LogP) is 3.84. The number of hydrogen-bond acceptors (Lipinski definition) is 6. The van der Waals surface area contributed by atoms with E-state index in [1.807, 2.05) is 12.1 Å². The van der Waals surface area contributed by atoms with E-state index in [0.29, 0.717) is 39.9 Å². The summed E-state index contributed by atoms with van der Waals surface area (Å²) in [5, 5.41) is 0.594. The van der Waals surface area contributed by atoms with Crippen LogP contribution >= 0.6 is 27.7 Å². The molecule has 3 rings (SSSR count). The van der Waals surface area contributed by atoms with E-state index < -0.39 is 12.0 Å². The third-order valence-corrected chi connectivity index (χ3v) is 5.69. The summed E-state index contributed by atoms with van der Waals surface area (Å²) in [7, 11) is 1.56. The average molecular weight is 451 g/mol. The van der Waals surface area contributed by atoms with Crippen LogP contribution in [0.5, 0.6) is 5.75 Å². The molecule has 0 spiro atoms. The van der Waals surface area contributed by atoms with Gasteiger partial charge in [0, 0.05) is 22.2 Å². The third kappa shape index (κ3) is 3.82. The minimum absolute atomic E-state index is 0.0806.